The number of carbonyl (C=O) groups excluding carboxylic acids is 1. The molecule has 15 heavy (non-hydrogen) atoms. The summed E-state index contributed by atoms with van der Waals surface area (Å²) in [6.07, 6.45) is 2.87. The molecule has 3 nitrogen and oxygen atoms in total. The number of likely N-dealkylation sites (tertiary alicyclic amines) is 1. The summed E-state index contributed by atoms with van der Waals surface area (Å²) in [4.78, 5) is 13.7. The zero-order chi connectivity index (χ0) is 11.5. The highest BCUT2D eigenvalue weighted by Gasteiger charge is 2.26. The van der Waals surface area contributed by atoms with Gasteiger partial charge < -0.3 is 4.90 Å². The van der Waals surface area contributed by atoms with E-state index in [9.17, 15) is 4.79 Å². The van der Waals surface area contributed by atoms with E-state index in [4.69, 9.17) is 5.26 Å². The number of hydrogen-bond acceptors (Lipinski definition) is 2. The molecule has 0 aliphatic carbocycles. The fourth-order valence-corrected chi connectivity index (χ4v) is 1.83. The predicted octanol–water partition coefficient (Wildman–Crippen LogP) is 2.18. The largest absolute Gasteiger partial charge is 0.342 e. The van der Waals surface area contributed by atoms with Crippen LogP contribution in [0.25, 0.3) is 0 Å². The Labute approximate surface area is 92.1 Å². The maximum absolute atomic E-state index is 11.8. The number of carbonyl (C=O) groups is 1. The Bertz CT molecular complexity index is 278. The topological polar surface area (TPSA) is 44.1 Å². The molecule has 0 aromatic rings. The molecular formula is C12H20N2O. The van der Waals surface area contributed by atoms with Gasteiger partial charge in [-0.3, -0.25) is 4.79 Å². The van der Waals surface area contributed by atoms with Crippen LogP contribution < -0.4 is 0 Å². The Morgan fingerprint density at radius 2 is 2.27 bits per heavy atom. The summed E-state index contributed by atoms with van der Waals surface area (Å²) in [6, 6.07) is 2.27. The molecule has 1 unspecified atom stereocenters. The smallest absolute Gasteiger partial charge is 0.225 e. The fourth-order valence-electron chi connectivity index (χ4n) is 1.83. The zero-order valence-corrected chi connectivity index (χ0v) is 9.92. The van der Waals surface area contributed by atoms with Crippen molar-refractivity contribution in [1.82, 2.24) is 4.90 Å². The highest BCUT2D eigenvalue weighted by molar-refractivity contribution is 5.79. The molecule has 1 heterocycles. The van der Waals surface area contributed by atoms with Crippen LogP contribution in [0.15, 0.2) is 0 Å². The first kappa shape index (κ1) is 12.0. The quantitative estimate of drug-likeness (QED) is 0.713. The summed E-state index contributed by atoms with van der Waals surface area (Å²) in [6.45, 7) is 7.42. The highest BCUT2D eigenvalue weighted by atomic mass is 16.2. The van der Waals surface area contributed by atoms with Crippen LogP contribution in [0, 0.1) is 22.7 Å². The molecule has 0 radical (unpaired) electrons. The van der Waals surface area contributed by atoms with Gasteiger partial charge in [0.15, 0.2) is 0 Å². The molecule has 3 heteroatoms. The molecule has 0 spiro atoms. The minimum Gasteiger partial charge on any atom is -0.342 e. The molecule has 0 bridgehead atoms. The summed E-state index contributed by atoms with van der Waals surface area (Å²) >= 11 is 0. The lowest BCUT2D eigenvalue weighted by molar-refractivity contribution is -0.137. The first-order chi connectivity index (χ1) is 6.96. The van der Waals surface area contributed by atoms with Crippen molar-refractivity contribution in [3.8, 4) is 6.07 Å². The van der Waals surface area contributed by atoms with Gasteiger partial charge in [-0.05, 0) is 33.1 Å². The summed E-state index contributed by atoms with van der Waals surface area (Å²) in [5.41, 5.74) is -0.318. The van der Waals surface area contributed by atoms with Crippen LogP contribution in [0.3, 0.4) is 0 Å². The van der Waals surface area contributed by atoms with Gasteiger partial charge in [0.05, 0.1) is 11.5 Å². The Hall–Kier alpha value is -1.04. The normalized spacial score (nSPS) is 22.7. The van der Waals surface area contributed by atoms with Crippen molar-refractivity contribution in [3.05, 3.63) is 0 Å². The molecule has 1 aliphatic rings. The Kier molecular flexibility index (Phi) is 3.73. The van der Waals surface area contributed by atoms with Crippen molar-refractivity contribution in [3.63, 3.8) is 0 Å². The van der Waals surface area contributed by atoms with E-state index in [0.29, 0.717) is 0 Å². The van der Waals surface area contributed by atoms with E-state index in [0.717, 1.165) is 32.4 Å². The second-order valence-corrected chi connectivity index (χ2v) is 5.11. The second-order valence-electron chi connectivity index (χ2n) is 5.11. The van der Waals surface area contributed by atoms with Crippen molar-refractivity contribution < 1.29 is 4.79 Å². The second kappa shape index (κ2) is 4.65. The minimum atomic E-state index is -0.318. The first-order valence-electron chi connectivity index (χ1n) is 5.66. The van der Waals surface area contributed by atoms with E-state index < -0.39 is 0 Å². The molecule has 1 atom stereocenters. The van der Waals surface area contributed by atoms with E-state index in [1.54, 1.807) is 0 Å². The summed E-state index contributed by atoms with van der Waals surface area (Å²) in [5.74, 6) is 0.430. The van der Waals surface area contributed by atoms with Crippen molar-refractivity contribution in [2.45, 2.75) is 40.0 Å². The summed E-state index contributed by atoms with van der Waals surface area (Å²) in [5, 5.41) is 8.89. The van der Waals surface area contributed by atoms with Crippen molar-refractivity contribution in [2.75, 3.05) is 13.1 Å². The van der Waals surface area contributed by atoms with E-state index in [2.05, 4.69) is 6.07 Å². The van der Waals surface area contributed by atoms with Gasteiger partial charge in [-0.15, -0.1) is 0 Å². The van der Waals surface area contributed by atoms with E-state index >= 15 is 0 Å². The van der Waals surface area contributed by atoms with Gasteiger partial charge in [-0.25, -0.2) is 0 Å². The van der Waals surface area contributed by atoms with Crippen LogP contribution in [0.1, 0.15) is 40.0 Å². The van der Waals surface area contributed by atoms with Gasteiger partial charge in [-0.1, -0.05) is 6.92 Å². The predicted molar refractivity (Wildman–Crippen MR) is 59.0 cm³/mol. The average Bonchev–Trinajstić information content (AvgIpc) is 2.20. The number of rotatable bonds is 3. The number of hydrogen-bond donors (Lipinski definition) is 0. The third-order valence-corrected chi connectivity index (χ3v) is 3.11. The SMILES string of the molecule is CC1CCCN(CCC(C)(C)C#N)C1=O. The average molecular weight is 208 g/mol. The van der Waals surface area contributed by atoms with Crippen molar-refractivity contribution in [1.29, 1.82) is 5.26 Å². The Morgan fingerprint density at radius 3 is 2.87 bits per heavy atom. The lowest BCUT2D eigenvalue weighted by Gasteiger charge is -2.32. The molecule has 0 aromatic heterocycles. The van der Waals surface area contributed by atoms with Crippen molar-refractivity contribution in [2.24, 2.45) is 11.3 Å². The number of amides is 1. The standard InChI is InChI=1S/C12H20N2O/c1-10-5-4-7-14(11(10)15)8-6-12(2,3)9-13/h10H,4-8H2,1-3H3. The monoisotopic (exact) mass is 208 g/mol. The molecule has 1 rings (SSSR count). The van der Waals surface area contributed by atoms with Gasteiger partial charge >= 0.3 is 0 Å². The number of piperidine rings is 1. The molecule has 1 amide bonds. The Morgan fingerprint density at radius 1 is 1.60 bits per heavy atom. The lowest BCUT2D eigenvalue weighted by atomic mass is 9.90. The zero-order valence-electron chi connectivity index (χ0n) is 9.92. The first-order valence-corrected chi connectivity index (χ1v) is 5.66. The van der Waals surface area contributed by atoms with Gasteiger partial charge in [0.25, 0.3) is 0 Å². The van der Waals surface area contributed by atoms with Gasteiger partial charge in [0, 0.05) is 19.0 Å². The van der Waals surface area contributed by atoms with Crippen LogP contribution in [0.2, 0.25) is 0 Å². The maximum atomic E-state index is 11.8. The molecular weight excluding hydrogens is 188 g/mol. The fraction of sp³-hybridized carbons (Fsp3) is 0.833. The molecule has 1 aliphatic heterocycles. The third-order valence-electron chi connectivity index (χ3n) is 3.11. The number of nitriles is 1. The summed E-state index contributed by atoms with van der Waals surface area (Å²) < 4.78 is 0. The maximum Gasteiger partial charge on any atom is 0.225 e. The molecule has 1 fully saturated rings. The lowest BCUT2D eigenvalue weighted by Crippen LogP contribution is -2.41. The Balaban J connectivity index is 2.45. The van der Waals surface area contributed by atoms with Crippen LogP contribution in [0.5, 0.6) is 0 Å². The number of nitrogens with zero attached hydrogens (tertiary/aromatic N) is 2. The molecule has 0 aromatic carbocycles. The van der Waals surface area contributed by atoms with Crippen LogP contribution in [-0.2, 0) is 4.79 Å². The van der Waals surface area contributed by atoms with Crippen LogP contribution in [-0.4, -0.2) is 23.9 Å². The molecule has 0 saturated carbocycles. The molecule has 84 valence electrons. The van der Waals surface area contributed by atoms with Crippen molar-refractivity contribution >= 4 is 5.91 Å². The molecule has 1 saturated heterocycles. The van der Waals surface area contributed by atoms with Crippen LogP contribution >= 0.6 is 0 Å². The molecule has 0 N–H and O–H groups in total. The third kappa shape index (κ3) is 3.23. The van der Waals surface area contributed by atoms with Gasteiger partial charge in [0.1, 0.15) is 0 Å². The highest BCUT2D eigenvalue weighted by Crippen LogP contribution is 2.22. The van der Waals surface area contributed by atoms with E-state index in [1.165, 1.54) is 0 Å². The van der Waals surface area contributed by atoms with Crippen LogP contribution in [0.4, 0.5) is 0 Å². The van der Waals surface area contributed by atoms with Gasteiger partial charge in [0.2, 0.25) is 5.91 Å². The van der Waals surface area contributed by atoms with Gasteiger partial charge in [-0.2, -0.15) is 5.26 Å². The van der Waals surface area contributed by atoms with E-state index in [1.807, 2.05) is 25.7 Å². The van der Waals surface area contributed by atoms with E-state index in [-0.39, 0.29) is 17.2 Å². The summed E-state index contributed by atoms with van der Waals surface area (Å²) in [7, 11) is 0. The minimum absolute atomic E-state index is 0.170.